The second-order valence-corrected chi connectivity index (χ2v) is 7.64. The van der Waals surface area contributed by atoms with Crippen molar-refractivity contribution in [2.45, 2.75) is 31.6 Å². The number of methoxy groups -OCH3 is 1. The third-order valence-electron chi connectivity index (χ3n) is 5.50. The lowest BCUT2D eigenvalue weighted by Gasteiger charge is -2.31. The van der Waals surface area contributed by atoms with Crippen molar-refractivity contribution in [2.75, 3.05) is 20.2 Å². The van der Waals surface area contributed by atoms with Crippen LogP contribution in [0.1, 0.15) is 41.5 Å². The Morgan fingerprint density at radius 2 is 2.13 bits per heavy atom. The molecule has 3 aromatic rings. The molecule has 0 spiro atoms. The Balaban J connectivity index is 1.40. The van der Waals surface area contributed by atoms with Crippen LogP contribution in [-0.4, -0.2) is 36.0 Å². The number of carbonyl (C=O) groups is 1. The number of halogens is 1. The van der Waals surface area contributed by atoms with Gasteiger partial charge in [0.25, 0.3) is 0 Å². The van der Waals surface area contributed by atoms with Crippen LogP contribution >= 0.6 is 0 Å². The number of aromatic nitrogens is 1. The summed E-state index contributed by atoms with van der Waals surface area (Å²) >= 11 is 0. The van der Waals surface area contributed by atoms with E-state index in [9.17, 15) is 9.18 Å². The lowest BCUT2D eigenvalue weighted by atomic mass is 9.97. The molecule has 0 aliphatic carbocycles. The third kappa shape index (κ3) is 4.70. The maximum absolute atomic E-state index is 13.4. The molecule has 5 nitrogen and oxygen atoms in total. The van der Waals surface area contributed by atoms with Gasteiger partial charge in [0.2, 0.25) is 5.91 Å². The summed E-state index contributed by atoms with van der Waals surface area (Å²) < 4.78 is 24.7. The Bertz CT molecular complexity index is 1020. The number of hydrogen-bond donors (Lipinski definition) is 0. The van der Waals surface area contributed by atoms with Gasteiger partial charge in [-0.05, 0) is 36.6 Å². The van der Waals surface area contributed by atoms with Crippen LogP contribution in [0, 0.1) is 5.82 Å². The minimum atomic E-state index is -0.260. The van der Waals surface area contributed by atoms with Crippen molar-refractivity contribution in [3.63, 3.8) is 0 Å². The number of piperidine rings is 1. The predicted molar refractivity (Wildman–Crippen MR) is 111 cm³/mol. The molecule has 1 amide bonds. The second kappa shape index (κ2) is 9.11. The summed E-state index contributed by atoms with van der Waals surface area (Å²) in [5.74, 6) is 1.97. The molecule has 4 rings (SSSR count). The van der Waals surface area contributed by atoms with Gasteiger partial charge in [-0.25, -0.2) is 9.37 Å². The maximum Gasteiger partial charge on any atom is 0.227 e. The number of ether oxygens (including phenoxy) is 1. The first-order valence-electron chi connectivity index (χ1n) is 10.2. The Morgan fingerprint density at radius 3 is 2.97 bits per heavy atom. The molecule has 0 unspecified atom stereocenters. The molecule has 1 atom stereocenters. The molecular weight excluding hydrogens is 383 g/mol. The highest BCUT2D eigenvalue weighted by Gasteiger charge is 2.28. The first kappa shape index (κ1) is 20.1. The van der Waals surface area contributed by atoms with Crippen molar-refractivity contribution in [1.29, 1.82) is 0 Å². The molecule has 1 aliphatic heterocycles. The van der Waals surface area contributed by atoms with Gasteiger partial charge in [-0.3, -0.25) is 4.79 Å². The molecule has 0 N–H and O–H groups in total. The SMILES string of the molecule is COc1ccccc1CC(=O)N1CCC[C@@H](c2ncc(Cc3cccc(F)c3)o2)C1. The molecule has 30 heavy (non-hydrogen) atoms. The number of likely N-dealkylation sites (tertiary alicyclic amines) is 1. The molecule has 0 radical (unpaired) electrons. The Kier molecular flexibility index (Phi) is 6.12. The van der Waals surface area contributed by atoms with Crippen LogP contribution in [-0.2, 0) is 17.6 Å². The summed E-state index contributed by atoms with van der Waals surface area (Å²) in [6.45, 7) is 1.33. The summed E-state index contributed by atoms with van der Waals surface area (Å²) in [5.41, 5.74) is 1.73. The van der Waals surface area contributed by atoms with Gasteiger partial charge in [0.1, 0.15) is 17.3 Å². The molecule has 0 bridgehead atoms. The van der Waals surface area contributed by atoms with E-state index in [0.29, 0.717) is 31.0 Å². The standard InChI is InChI=1S/C24H25FN2O3/c1-29-22-10-3-2-7-18(22)14-23(28)27-11-5-8-19(16-27)24-26-15-21(30-24)13-17-6-4-9-20(25)12-17/h2-4,6-7,9-10,12,15,19H,5,8,11,13-14,16H2,1H3/t19-/m1/s1. The van der Waals surface area contributed by atoms with Crippen LogP contribution in [0.5, 0.6) is 5.75 Å². The Morgan fingerprint density at radius 1 is 1.27 bits per heavy atom. The van der Waals surface area contributed by atoms with E-state index in [2.05, 4.69) is 4.98 Å². The lowest BCUT2D eigenvalue weighted by molar-refractivity contribution is -0.131. The normalized spacial score (nSPS) is 16.5. The molecule has 2 aromatic carbocycles. The molecule has 0 saturated carbocycles. The number of hydrogen-bond acceptors (Lipinski definition) is 4. The van der Waals surface area contributed by atoms with Crippen molar-refractivity contribution >= 4 is 5.91 Å². The summed E-state index contributed by atoms with van der Waals surface area (Å²) in [6, 6.07) is 14.1. The minimum absolute atomic E-state index is 0.0710. The van der Waals surface area contributed by atoms with E-state index in [1.807, 2.05) is 35.2 Å². The van der Waals surface area contributed by atoms with E-state index in [4.69, 9.17) is 9.15 Å². The van der Waals surface area contributed by atoms with Crippen molar-refractivity contribution in [2.24, 2.45) is 0 Å². The van der Waals surface area contributed by atoms with Gasteiger partial charge in [0.05, 0.1) is 25.6 Å². The van der Waals surface area contributed by atoms with E-state index >= 15 is 0 Å². The molecule has 1 saturated heterocycles. The summed E-state index contributed by atoms with van der Waals surface area (Å²) in [5, 5.41) is 0. The number of rotatable bonds is 6. The molecule has 156 valence electrons. The average Bonchev–Trinajstić information content (AvgIpc) is 3.23. The van der Waals surface area contributed by atoms with Gasteiger partial charge < -0.3 is 14.1 Å². The molecule has 1 fully saturated rings. The van der Waals surface area contributed by atoms with Gasteiger partial charge in [-0.15, -0.1) is 0 Å². The third-order valence-corrected chi connectivity index (χ3v) is 5.50. The number of carbonyl (C=O) groups excluding carboxylic acids is 1. The largest absolute Gasteiger partial charge is 0.496 e. The summed E-state index contributed by atoms with van der Waals surface area (Å²) in [7, 11) is 1.62. The molecular formula is C24H25FN2O3. The number of oxazole rings is 1. The fourth-order valence-electron chi connectivity index (χ4n) is 3.97. The van der Waals surface area contributed by atoms with E-state index < -0.39 is 0 Å². The minimum Gasteiger partial charge on any atom is -0.496 e. The van der Waals surface area contributed by atoms with E-state index in [1.165, 1.54) is 12.1 Å². The van der Waals surface area contributed by atoms with E-state index in [0.717, 1.165) is 36.3 Å². The molecule has 1 aromatic heterocycles. The zero-order chi connectivity index (χ0) is 20.9. The molecule has 2 heterocycles. The van der Waals surface area contributed by atoms with Gasteiger partial charge in [0.15, 0.2) is 5.89 Å². The highest BCUT2D eigenvalue weighted by Crippen LogP contribution is 2.28. The van der Waals surface area contributed by atoms with E-state index in [-0.39, 0.29) is 17.6 Å². The van der Waals surface area contributed by atoms with Crippen LogP contribution in [0.3, 0.4) is 0 Å². The summed E-state index contributed by atoms with van der Waals surface area (Å²) in [6.07, 6.45) is 4.35. The fourth-order valence-corrected chi connectivity index (χ4v) is 3.97. The summed E-state index contributed by atoms with van der Waals surface area (Å²) in [4.78, 5) is 19.2. The topological polar surface area (TPSA) is 55.6 Å². The van der Waals surface area contributed by atoms with Crippen LogP contribution in [0.4, 0.5) is 4.39 Å². The number of amides is 1. The quantitative estimate of drug-likeness (QED) is 0.608. The monoisotopic (exact) mass is 408 g/mol. The van der Waals surface area contributed by atoms with Gasteiger partial charge in [-0.2, -0.15) is 0 Å². The smallest absolute Gasteiger partial charge is 0.227 e. The second-order valence-electron chi connectivity index (χ2n) is 7.64. The van der Waals surface area contributed by atoms with Crippen molar-refractivity contribution in [3.8, 4) is 5.75 Å². The van der Waals surface area contributed by atoms with E-state index in [1.54, 1.807) is 19.4 Å². The van der Waals surface area contributed by atoms with Crippen LogP contribution in [0.15, 0.2) is 59.1 Å². The number of nitrogens with zero attached hydrogens (tertiary/aromatic N) is 2. The van der Waals surface area contributed by atoms with Gasteiger partial charge in [0, 0.05) is 25.1 Å². The van der Waals surface area contributed by atoms with Gasteiger partial charge in [-0.1, -0.05) is 30.3 Å². The highest BCUT2D eigenvalue weighted by atomic mass is 19.1. The lowest BCUT2D eigenvalue weighted by Crippen LogP contribution is -2.40. The number of para-hydroxylation sites is 1. The van der Waals surface area contributed by atoms with Crippen molar-refractivity contribution < 1.29 is 18.3 Å². The highest BCUT2D eigenvalue weighted by molar-refractivity contribution is 5.79. The van der Waals surface area contributed by atoms with Crippen molar-refractivity contribution in [3.05, 3.63) is 83.3 Å². The number of benzene rings is 2. The molecule has 6 heteroatoms. The van der Waals surface area contributed by atoms with Gasteiger partial charge >= 0.3 is 0 Å². The first-order valence-corrected chi connectivity index (χ1v) is 10.2. The Labute approximate surface area is 175 Å². The Hall–Kier alpha value is -3.15. The van der Waals surface area contributed by atoms with Crippen LogP contribution < -0.4 is 4.74 Å². The van der Waals surface area contributed by atoms with Crippen LogP contribution in [0.2, 0.25) is 0 Å². The molecule has 1 aliphatic rings. The zero-order valence-electron chi connectivity index (χ0n) is 17.0. The van der Waals surface area contributed by atoms with Crippen molar-refractivity contribution in [1.82, 2.24) is 9.88 Å². The van der Waals surface area contributed by atoms with Crippen LogP contribution in [0.25, 0.3) is 0 Å². The maximum atomic E-state index is 13.4. The average molecular weight is 408 g/mol. The fraction of sp³-hybridized carbons (Fsp3) is 0.333. The zero-order valence-corrected chi connectivity index (χ0v) is 17.0. The first-order chi connectivity index (χ1) is 14.6. The predicted octanol–water partition coefficient (Wildman–Crippen LogP) is 4.36.